The molecule has 0 bridgehead atoms. The van der Waals surface area contributed by atoms with Gasteiger partial charge in [0.25, 0.3) is 5.69 Å². The number of nitro benzene ring substituents is 1. The third kappa shape index (κ3) is 4.71. The van der Waals surface area contributed by atoms with Crippen molar-refractivity contribution in [2.45, 2.75) is 21.6 Å². The van der Waals surface area contributed by atoms with Gasteiger partial charge < -0.3 is 10.2 Å². The Balaban J connectivity index is 1.24. The van der Waals surface area contributed by atoms with Gasteiger partial charge >= 0.3 is 6.03 Å². The van der Waals surface area contributed by atoms with Crippen LogP contribution < -0.4 is 10.2 Å². The van der Waals surface area contributed by atoms with Crippen LogP contribution in [0.2, 0.25) is 0 Å². The molecule has 0 saturated carbocycles. The van der Waals surface area contributed by atoms with Crippen LogP contribution in [-0.4, -0.2) is 40.6 Å². The number of carbonyl (C=O) groups excluding carboxylic acids is 2. The number of anilines is 2. The molecular weight excluding hydrogens is 484 g/mol. The third-order valence-corrected chi connectivity index (χ3v) is 8.16. The zero-order chi connectivity index (χ0) is 24.4. The van der Waals surface area contributed by atoms with Crippen molar-refractivity contribution >= 4 is 52.5 Å². The molecule has 5 rings (SSSR count). The first kappa shape index (κ1) is 23.3. The average Bonchev–Trinajstić information content (AvgIpc) is 3.27. The van der Waals surface area contributed by atoms with Gasteiger partial charge in [0.15, 0.2) is 0 Å². The minimum Gasteiger partial charge on any atom is -0.340 e. The molecule has 0 radical (unpaired) electrons. The molecule has 178 valence electrons. The Kier molecular flexibility index (Phi) is 6.65. The predicted octanol–water partition coefficient (Wildman–Crippen LogP) is 5.57. The Hall–Kier alpha value is -3.50. The second-order valence-electron chi connectivity index (χ2n) is 8.05. The topological polar surface area (TPSA) is 95.8 Å². The molecule has 1 unspecified atom stereocenters. The van der Waals surface area contributed by atoms with E-state index in [9.17, 15) is 19.7 Å². The lowest BCUT2D eigenvalue weighted by molar-refractivity contribution is -0.384. The number of imide groups is 1. The van der Waals surface area contributed by atoms with Crippen molar-refractivity contribution in [3.8, 4) is 0 Å². The predicted molar refractivity (Wildman–Crippen MR) is 137 cm³/mol. The Labute approximate surface area is 210 Å². The van der Waals surface area contributed by atoms with Crippen molar-refractivity contribution in [1.29, 1.82) is 0 Å². The van der Waals surface area contributed by atoms with E-state index in [0.29, 0.717) is 25.1 Å². The number of para-hydroxylation sites is 2. The van der Waals surface area contributed by atoms with Crippen LogP contribution in [0.5, 0.6) is 0 Å². The lowest BCUT2D eigenvalue weighted by atomic mass is 10.2. The van der Waals surface area contributed by atoms with Crippen LogP contribution >= 0.6 is 23.5 Å². The Morgan fingerprint density at radius 3 is 2.40 bits per heavy atom. The largest absolute Gasteiger partial charge is 0.340 e. The Morgan fingerprint density at radius 1 is 1.03 bits per heavy atom. The van der Waals surface area contributed by atoms with Crippen LogP contribution in [0.25, 0.3) is 0 Å². The van der Waals surface area contributed by atoms with Gasteiger partial charge in [0.2, 0.25) is 5.91 Å². The molecule has 0 spiro atoms. The number of carbonyl (C=O) groups is 2. The Bertz CT molecular complexity index is 1260. The van der Waals surface area contributed by atoms with Crippen molar-refractivity contribution in [3.05, 3.63) is 88.5 Å². The lowest BCUT2D eigenvalue weighted by Gasteiger charge is -2.32. The van der Waals surface area contributed by atoms with E-state index in [0.717, 1.165) is 11.4 Å². The zero-order valence-electron chi connectivity index (χ0n) is 18.6. The number of urea groups is 1. The molecule has 1 saturated heterocycles. The number of amides is 3. The molecule has 35 heavy (non-hydrogen) atoms. The van der Waals surface area contributed by atoms with E-state index in [1.54, 1.807) is 23.9 Å². The van der Waals surface area contributed by atoms with Gasteiger partial charge in [-0.1, -0.05) is 48.2 Å². The van der Waals surface area contributed by atoms with Crippen LogP contribution in [0.3, 0.4) is 0 Å². The van der Waals surface area contributed by atoms with Crippen LogP contribution in [0.1, 0.15) is 17.4 Å². The van der Waals surface area contributed by atoms with E-state index in [1.807, 2.05) is 24.3 Å². The van der Waals surface area contributed by atoms with E-state index < -0.39 is 16.3 Å². The molecule has 0 aliphatic carbocycles. The fourth-order valence-electron chi connectivity index (χ4n) is 4.22. The SMILES string of the molecule is O=C1CSC(c2cccc([N+](=O)[O-])c2)N1C(=O)NCCCN1c2ccccc2Sc2ccccc21. The highest BCUT2D eigenvalue weighted by molar-refractivity contribution is 8.00. The Morgan fingerprint density at radius 2 is 1.71 bits per heavy atom. The smallest absolute Gasteiger partial charge is 0.325 e. The molecule has 2 aliphatic heterocycles. The van der Waals surface area contributed by atoms with E-state index in [4.69, 9.17) is 0 Å². The van der Waals surface area contributed by atoms with Crippen molar-refractivity contribution in [1.82, 2.24) is 10.2 Å². The number of fused-ring (bicyclic) bond motifs is 2. The minimum absolute atomic E-state index is 0.0666. The summed E-state index contributed by atoms with van der Waals surface area (Å²) in [4.78, 5) is 41.9. The summed E-state index contributed by atoms with van der Waals surface area (Å²) < 4.78 is 0. The molecule has 8 nitrogen and oxygen atoms in total. The summed E-state index contributed by atoms with van der Waals surface area (Å²) in [7, 11) is 0. The number of nitrogens with zero attached hydrogens (tertiary/aromatic N) is 3. The summed E-state index contributed by atoms with van der Waals surface area (Å²) in [5.41, 5.74) is 2.77. The highest BCUT2D eigenvalue weighted by Gasteiger charge is 2.38. The molecule has 1 N–H and O–H groups in total. The second-order valence-corrected chi connectivity index (χ2v) is 10.2. The summed E-state index contributed by atoms with van der Waals surface area (Å²) in [6.45, 7) is 1.09. The molecule has 2 heterocycles. The highest BCUT2D eigenvalue weighted by Crippen LogP contribution is 2.47. The van der Waals surface area contributed by atoms with Gasteiger partial charge in [-0.25, -0.2) is 9.69 Å². The van der Waals surface area contributed by atoms with E-state index in [1.165, 1.54) is 38.6 Å². The van der Waals surface area contributed by atoms with Crippen molar-refractivity contribution in [3.63, 3.8) is 0 Å². The number of benzene rings is 3. The quantitative estimate of drug-likeness (QED) is 0.265. The van der Waals surface area contributed by atoms with Crippen molar-refractivity contribution in [2.75, 3.05) is 23.7 Å². The maximum Gasteiger partial charge on any atom is 0.325 e. The fourth-order valence-corrected chi connectivity index (χ4v) is 6.46. The van der Waals surface area contributed by atoms with E-state index in [2.05, 4.69) is 34.5 Å². The van der Waals surface area contributed by atoms with Gasteiger partial charge in [-0.15, -0.1) is 11.8 Å². The molecule has 3 aromatic rings. The number of hydrogen-bond donors (Lipinski definition) is 1. The maximum atomic E-state index is 12.9. The van der Waals surface area contributed by atoms with Gasteiger partial charge in [-0.3, -0.25) is 14.9 Å². The molecule has 1 atom stereocenters. The van der Waals surface area contributed by atoms with E-state index in [-0.39, 0.29) is 17.3 Å². The van der Waals surface area contributed by atoms with Crippen LogP contribution in [0.15, 0.2) is 82.6 Å². The molecular formula is C25H22N4O4S2. The number of rotatable bonds is 6. The highest BCUT2D eigenvalue weighted by atomic mass is 32.2. The monoisotopic (exact) mass is 506 g/mol. The summed E-state index contributed by atoms with van der Waals surface area (Å²) in [6.07, 6.45) is 0.676. The first-order valence-electron chi connectivity index (χ1n) is 11.1. The summed E-state index contributed by atoms with van der Waals surface area (Å²) in [6, 6.07) is 22.1. The molecule has 2 aliphatic rings. The number of nitrogens with one attached hydrogen (secondary N) is 1. The number of non-ortho nitro benzene ring substituents is 1. The maximum absolute atomic E-state index is 12.9. The lowest BCUT2D eigenvalue weighted by Crippen LogP contribution is -2.43. The standard InChI is InChI=1S/C25H22N4O4S2/c30-23-16-34-24(17-7-5-8-18(15-17)29(32)33)28(23)25(31)26-13-6-14-27-19-9-1-3-11-21(19)35-22-12-4-2-10-20(22)27/h1-5,7-12,15,24H,6,13-14,16H2,(H,26,31). The molecule has 1 fully saturated rings. The van der Waals surface area contributed by atoms with Crippen LogP contribution in [0.4, 0.5) is 21.9 Å². The number of hydrogen-bond acceptors (Lipinski definition) is 7. The number of nitro groups is 1. The summed E-state index contributed by atoms with van der Waals surface area (Å²) in [5, 5.41) is 13.4. The van der Waals surface area contributed by atoms with Crippen molar-refractivity contribution < 1.29 is 14.5 Å². The van der Waals surface area contributed by atoms with Gasteiger partial charge in [0.1, 0.15) is 5.37 Å². The first-order valence-corrected chi connectivity index (χ1v) is 13.0. The summed E-state index contributed by atoms with van der Waals surface area (Å²) >= 11 is 3.04. The van der Waals surface area contributed by atoms with E-state index >= 15 is 0 Å². The van der Waals surface area contributed by atoms with Crippen LogP contribution in [0, 0.1) is 10.1 Å². The fraction of sp³-hybridized carbons (Fsp3) is 0.200. The molecule has 0 aromatic heterocycles. The van der Waals surface area contributed by atoms with Crippen LogP contribution in [-0.2, 0) is 4.79 Å². The van der Waals surface area contributed by atoms with Gasteiger partial charge in [0.05, 0.1) is 22.1 Å². The molecule has 3 amide bonds. The first-order chi connectivity index (χ1) is 17.0. The van der Waals surface area contributed by atoms with Gasteiger partial charge in [-0.2, -0.15) is 0 Å². The molecule has 3 aromatic carbocycles. The zero-order valence-corrected chi connectivity index (χ0v) is 20.3. The third-order valence-electron chi connectivity index (χ3n) is 5.82. The average molecular weight is 507 g/mol. The van der Waals surface area contributed by atoms with Gasteiger partial charge in [0, 0.05) is 35.0 Å². The van der Waals surface area contributed by atoms with Crippen molar-refractivity contribution in [2.24, 2.45) is 0 Å². The normalized spacial score (nSPS) is 16.6. The van der Waals surface area contributed by atoms with Gasteiger partial charge in [-0.05, 0) is 36.2 Å². The minimum atomic E-state index is -0.583. The summed E-state index contributed by atoms with van der Waals surface area (Å²) in [5.74, 6) is -0.153. The second kappa shape index (κ2) is 10.0. The number of thioether (sulfide) groups is 1. The molecule has 10 heteroatoms.